The summed E-state index contributed by atoms with van der Waals surface area (Å²) in [4.78, 5) is 24.8. The van der Waals surface area contributed by atoms with Crippen molar-refractivity contribution >= 4 is 28.0 Å². The van der Waals surface area contributed by atoms with Gasteiger partial charge in [0.25, 0.3) is 5.69 Å². The van der Waals surface area contributed by atoms with Crippen molar-refractivity contribution in [3.05, 3.63) is 58.6 Å². The van der Waals surface area contributed by atoms with Crippen molar-refractivity contribution in [2.45, 2.75) is 39.2 Å². The van der Waals surface area contributed by atoms with Crippen LogP contribution in [0.5, 0.6) is 0 Å². The number of nitro groups is 1. The van der Waals surface area contributed by atoms with E-state index in [1.54, 1.807) is 12.1 Å². The van der Waals surface area contributed by atoms with Gasteiger partial charge in [-0.25, -0.2) is 15.0 Å². The number of hydrogen-bond donors (Lipinski definition) is 0. The van der Waals surface area contributed by atoms with Crippen LogP contribution >= 0.6 is 0 Å². The molecule has 0 fully saturated rings. The molecule has 2 heterocycles. The first-order chi connectivity index (χ1) is 13.7. The number of non-ortho nitro benzene ring substituents is 1. The molecule has 0 spiro atoms. The highest BCUT2D eigenvalue weighted by atomic mass is 16.6. The second-order valence-corrected chi connectivity index (χ2v) is 6.81. The predicted molar refractivity (Wildman–Crippen MR) is 109 cm³/mol. The fourth-order valence-corrected chi connectivity index (χ4v) is 3.36. The summed E-state index contributed by atoms with van der Waals surface area (Å²) in [6.07, 6.45) is 4.52. The number of rotatable bonds is 7. The van der Waals surface area contributed by atoms with Crippen molar-refractivity contribution in [1.82, 2.24) is 19.5 Å². The molecule has 2 aromatic heterocycles. The van der Waals surface area contributed by atoms with Crippen molar-refractivity contribution in [2.24, 2.45) is 0 Å². The Balaban J connectivity index is 1.82. The first kappa shape index (κ1) is 18.0. The van der Waals surface area contributed by atoms with Crippen LogP contribution in [0.15, 0.2) is 48.5 Å². The molecule has 0 aliphatic rings. The summed E-state index contributed by atoms with van der Waals surface area (Å²) >= 11 is 0. The number of imidazole rings is 1. The molecule has 0 aliphatic heterocycles. The molecule has 0 bridgehead atoms. The Kier molecular flexibility index (Phi) is 4.97. The SMILES string of the molecule is CCCCCCn1c(-c2ccc([N+](=O)[O-])cc2)nc2nc3ccccc3nc21. The molecule has 4 aromatic rings. The molecule has 142 valence electrons. The number of hydrogen-bond acceptors (Lipinski definition) is 5. The van der Waals surface area contributed by atoms with Crippen LogP contribution in [0, 0.1) is 10.1 Å². The summed E-state index contributed by atoms with van der Waals surface area (Å²) in [5.41, 5.74) is 3.88. The lowest BCUT2D eigenvalue weighted by molar-refractivity contribution is -0.384. The van der Waals surface area contributed by atoms with Gasteiger partial charge >= 0.3 is 0 Å². The maximum atomic E-state index is 11.0. The van der Waals surface area contributed by atoms with Crippen LogP contribution in [-0.2, 0) is 6.54 Å². The van der Waals surface area contributed by atoms with Gasteiger partial charge < -0.3 is 4.57 Å². The highest BCUT2D eigenvalue weighted by Crippen LogP contribution is 2.27. The van der Waals surface area contributed by atoms with Gasteiger partial charge in [-0.3, -0.25) is 10.1 Å². The average Bonchev–Trinajstić information content (AvgIpc) is 3.07. The minimum Gasteiger partial charge on any atom is -0.307 e. The quantitative estimate of drug-likeness (QED) is 0.254. The van der Waals surface area contributed by atoms with Crippen LogP contribution < -0.4 is 0 Å². The summed E-state index contributed by atoms with van der Waals surface area (Å²) in [5, 5.41) is 11.0. The molecule has 2 aromatic carbocycles. The number of benzene rings is 2. The summed E-state index contributed by atoms with van der Waals surface area (Å²) in [6, 6.07) is 14.2. The van der Waals surface area contributed by atoms with Crippen molar-refractivity contribution in [3.63, 3.8) is 0 Å². The normalized spacial score (nSPS) is 11.3. The summed E-state index contributed by atoms with van der Waals surface area (Å²) in [7, 11) is 0. The summed E-state index contributed by atoms with van der Waals surface area (Å²) in [5.74, 6) is 0.747. The number of para-hydroxylation sites is 2. The number of aromatic nitrogens is 4. The van der Waals surface area contributed by atoms with E-state index in [4.69, 9.17) is 9.97 Å². The second-order valence-electron chi connectivity index (χ2n) is 6.81. The van der Waals surface area contributed by atoms with Crippen molar-refractivity contribution in [2.75, 3.05) is 0 Å². The number of fused-ring (bicyclic) bond motifs is 2. The smallest absolute Gasteiger partial charge is 0.269 e. The van der Waals surface area contributed by atoms with E-state index in [-0.39, 0.29) is 5.69 Å². The summed E-state index contributed by atoms with van der Waals surface area (Å²) in [6.45, 7) is 2.97. The maximum absolute atomic E-state index is 11.0. The van der Waals surface area contributed by atoms with Crippen molar-refractivity contribution in [1.29, 1.82) is 0 Å². The van der Waals surface area contributed by atoms with Gasteiger partial charge in [-0.1, -0.05) is 38.3 Å². The third-order valence-electron chi connectivity index (χ3n) is 4.83. The Morgan fingerprint density at radius 1 is 0.929 bits per heavy atom. The molecule has 0 unspecified atom stereocenters. The van der Waals surface area contributed by atoms with Gasteiger partial charge in [0.1, 0.15) is 5.82 Å². The van der Waals surface area contributed by atoms with Gasteiger partial charge in [0.2, 0.25) is 0 Å². The number of nitro benzene ring substituents is 1. The van der Waals surface area contributed by atoms with E-state index in [1.165, 1.54) is 25.0 Å². The highest BCUT2D eigenvalue weighted by molar-refractivity contribution is 5.84. The fourth-order valence-electron chi connectivity index (χ4n) is 3.36. The molecule has 0 aliphatic carbocycles. The lowest BCUT2D eigenvalue weighted by atomic mass is 10.2. The van der Waals surface area contributed by atoms with Gasteiger partial charge in [0.05, 0.1) is 16.0 Å². The minimum atomic E-state index is -0.396. The van der Waals surface area contributed by atoms with Crippen molar-refractivity contribution in [3.8, 4) is 11.4 Å². The summed E-state index contributed by atoms with van der Waals surface area (Å²) < 4.78 is 2.09. The van der Waals surface area contributed by atoms with E-state index in [2.05, 4.69) is 16.5 Å². The molecule has 0 amide bonds. The van der Waals surface area contributed by atoms with Crippen LogP contribution in [0.2, 0.25) is 0 Å². The lowest BCUT2D eigenvalue weighted by Crippen LogP contribution is -2.02. The van der Waals surface area contributed by atoms with Gasteiger partial charge in [0, 0.05) is 24.2 Å². The Morgan fingerprint density at radius 3 is 2.32 bits per heavy atom. The van der Waals surface area contributed by atoms with Gasteiger partial charge in [-0.2, -0.15) is 0 Å². The third-order valence-corrected chi connectivity index (χ3v) is 4.83. The third kappa shape index (κ3) is 3.43. The maximum Gasteiger partial charge on any atom is 0.269 e. The van der Waals surface area contributed by atoms with E-state index < -0.39 is 4.92 Å². The molecule has 0 atom stereocenters. The van der Waals surface area contributed by atoms with Gasteiger partial charge in [-0.15, -0.1) is 0 Å². The first-order valence-electron chi connectivity index (χ1n) is 9.55. The average molecular weight is 375 g/mol. The number of aryl methyl sites for hydroxylation is 1. The molecular formula is C21H21N5O2. The highest BCUT2D eigenvalue weighted by Gasteiger charge is 2.16. The molecule has 7 heteroatoms. The van der Waals surface area contributed by atoms with Crippen molar-refractivity contribution < 1.29 is 4.92 Å². The second kappa shape index (κ2) is 7.72. The fraction of sp³-hybridized carbons (Fsp3) is 0.286. The Labute approximate surface area is 162 Å². The lowest BCUT2D eigenvalue weighted by Gasteiger charge is -2.09. The minimum absolute atomic E-state index is 0.0661. The van der Waals surface area contributed by atoms with Crippen LogP contribution in [0.1, 0.15) is 32.6 Å². The zero-order valence-electron chi connectivity index (χ0n) is 15.7. The number of nitrogens with zero attached hydrogens (tertiary/aromatic N) is 5. The molecule has 28 heavy (non-hydrogen) atoms. The van der Waals surface area contributed by atoms with Gasteiger partial charge in [0.15, 0.2) is 11.3 Å². The first-order valence-corrected chi connectivity index (χ1v) is 9.55. The van der Waals surface area contributed by atoms with Crippen LogP contribution in [0.3, 0.4) is 0 Å². The van der Waals surface area contributed by atoms with E-state index >= 15 is 0 Å². The monoisotopic (exact) mass is 375 g/mol. The van der Waals surface area contributed by atoms with E-state index in [0.717, 1.165) is 47.5 Å². The molecule has 0 saturated carbocycles. The molecule has 0 N–H and O–H groups in total. The van der Waals surface area contributed by atoms with E-state index in [9.17, 15) is 10.1 Å². The van der Waals surface area contributed by atoms with E-state index in [0.29, 0.717) is 5.65 Å². The van der Waals surface area contributed by atoms with Gasteiger partial charge in [-0.05, 0) is 30.7 Å². The van der Waals surface area contributed by atoms with Crippen LogP contribution in [-0.4, -0.2) is 24.4 Å². The topological polar surface area (TPSA) is 86.7 Å². The largest absolute Gasteiger partial charge is 0.307 e. The Morgan fingerprint density at radius 2 is 1.64 bits per heavy atom. The molecule has 0 saturated heterocycles. The van der Waals surface area contributed by atoms with Crippen LogP contribution in [0.25, 0.3) is 33.7 Å². The zero-order chi connectivity index (χ0) is 19.5. The van der Waals surface area contributed by atoms with E-state index in [1.807, 2.05) is 24.3 Å². The molecule has 4 rings (SSSR count). The standard InChI is InChI=1S/C21H21N5O2/c1-2-3-4-7-14-25-20(15-10-12-16(13-11-15)26(27)28)24-19-21(25)23-18-9-6-5-8-17(18)22-19/h5-6,8-13H,2-4,7,14H2,1H3. The van der Waals surface area contributed by atoms with Crippen LogP contribution in [0.4, 0.5) is 5.69 Å². The molecule has 7 nitrogen and oxygen atoms in total. The Bertz CT molecular complexity index is 1130. The number of unbranched alkanes of at least 4 members (excludes halogenated alkanes) is 3. The molecule has 0 radical (unpaired) electrons. The Hall–Kier alpha value is -3.35. The zero-order valence-corrected chi connectivity index (χ0v) is 15.7. The predicted octanol–water partition coefficient (Wildman–Crippen LogP) is 5.14. The molecular weight excluding hydrogens is 354 g/mol.